The van der Waals surface area contributed by atoms with Gasteiger partial charge in [0.15, 0.2) is 0 Å². The molecule has 0 aliphatic rings. The quantitative estimate of drug-likeness (QED) is 0.502. The number of hydrogen-bond acceptors (Lipinski definition) is 7. The van der Waals surface area contributed by atoms with Crippen molar-refractivity contribution in [3.63, 3.8) is 0 Å². The number of ether oxygens (including phenoxy) is 1. The topological polar surface area (TPSA) is 115 Å². The van der Waals surface area contributed by atoms with Crippen LogP contribution in [0.25, 0.3) is 22.8 Å². The lowest BCUT2D eigenvalue weighted by Gasteiger charge is -2.02. The van der Waals surface area contributed by atoms with E-state index in [1.165, 1.54) is 13.2 Å². The number of nitrogens with zero attached hydrogens (tertiary/aromatic N) is 4. The highest BCUT2D eigenvalue weighted by Crippen LogP contribution is 2.14. The van der Waals surface area contributed by atoms with E-state index < -0.39 is 11.9 Å². The molecule has 0 bridgehead atoms. The number of aromatic nitrogens is 4. The van der Waals surface area contributed by atoms with E-state index in [9.17, 15) is 9.59 Å². The van der Waals surface area contributed by atoms with Gasteiger partial charge in [-0.3, -0.25) is 9.97 Å². The predicted molar refractivity (Wildman–Crippen MR) is 113 cm³/mol. The zero-order valence-electron chi connectivity index (χ0n) is 16.5. The van der Waals surface area contributed by atoms with Crippen molar-refractivity contribution < 1.29 is 19.4 Å². The van der Waals surface area contributed by atoms with Crippen molar-refractivity contribution in [3.05, 3.63) is 96.6 Å². The van der Waals surface area contributed by atoms with E-state index in [0.717, 1.165) is 5.69 Å². The van der Waals surface area contributed by atoms with Gasteiger partial charge in [-0.15, -0.1) is 0 Å². The summed E-state index contributed by atoms with van der Waals surface area (Å²) in [6.45, 7) is 0. The number of carbonyl (C=O) groups excluding carboxylic acids is 1. The Morgan fingerprint density at radius 2 is 1.16 bits per heavy atom. The lowest BCUT2D eigenvalue weighted by atomic mass is 10.2. The fourth-order valence-corrected chi connectivity index (χ4v) is 2.52. The number of rotatable bonds is 4. The van der Waals surface area contributed by atoms with Crippen LogP contribution in [-0.2, 0) is 4.74 Å². The maximum Gasteiger partial charge on any atom is 0.356 e. The molecule has 0 atom stereocenters. The van der Waals surface area contributed by atoms with Crippen molar-refractivity contribution in [1.29, 1.82) is 0 Å². The number of esters is 1. The molecule has 4 aromatic heterocycles. The van der Waals surface area contributed by atoms with Crippen LogP contribution < -0.4 is 0 Å². The van der Waals surface area contributed by atoms with Crippen molar-refractivity contribution in [1.82, 2.24) is 19.9 Å². The normalized spacial score (nSPS) is 9.84. The molecule has 0 saturated heterocycles. The van der Waals surface area contributed by atoms with Gasteiger partial charge < -0.3 is 9.84 Å². The second-order valence-electron chi connectivity index (χ2n) is 6.04. The summed E-state index contributed by atoms with van der Waals surface area (Å²) in [5.74, 6) is -1.48. The number of methoxy groups -OCH3 is 1. The summed E-state index contributed by atoms with van der Waals surface area (Å²) in [7, 11) is 1.33. The molecule has 0 unspecified atom stereocenters. The van der Waals surface area contributed by atoms with Crippen molar-refractivity contribution >= 4 is 11.9 Å². The SMILES string of the molecule is COC(=O)c1cccc(-c2ccccn2)n1.O=C(O)c1cccc(-c2ccccn2)n1. The van der Waals surface area contributed by atoms with E-state index in [4.69, 9.17) is 5.11 Å². The standard InChI is InChI=1S/C12H10N2O2.C11H8N2O2/c1-16-12(15)11-7-4-6-10(14-11)9-5-2-3-8-13-9;14-11(15)10-6-3-5-9(13-10)8-4-1-2-7-12-8/h2-8H,1H3;1-7H,(H,14,15). The molecule has 4 rings (SSSR count). The van der Waals surface area contributed by atoms with Crippen molar-refractivity contribution in [2.45, 2.75) is 0 Å². The Labute approximate surface area is 178 Å². The van der Waals surface area contributed by atoms with Gasteiger partial charge in [-0.1, -0.05) is 24.3 Å². The fraction of sp³-hybridized carbons (Fsp3) is 0.0435. The maximum absolute atomic E-state index is 11.3. The number of carboxylic acids is 1. The molecule has 0 fully saturated rings. The second-order valence-corrected chi connectivity index (χ2v) is 6.04. The van der Waals surface area contributed by atoms with E-state index in [2.05, 4.69) is 24.7 Å². The number of carbonyl (C=O) groups is 2. The van der Waals surface area contributed by atoms with Crippen LogP contribution in [-0.4, -0.2) is 44.1 Å². The van der Waals surface area contributed by atoms with Crippen molar-refractivity contribution in [2.24, 2.45) is 0 Å². The zero-order chi connectivity index (χ0) is 22.1. The minimum Gasteiger partial charge on any atom is -0.477 e. The molecule has 8 nitrogen and oxygen atoms in total. The molecule has 31 heavy (non-hydrogen) atoms. The molecule has 0 saturated carbocycles. The molecule has 0 radical (unpaired) electrons. The lowest BCUT2D eigenvalue weighted by Crippen LogP contribution is -2.04. The van der Waals surface area contributed by atoms with Gasteiger partial charge in [-0.05, 0) is 48.5 Å². The van der Waals surface area contributed by atoms with Crippen LogP contribution in [0.5, 0.6) is 0 Å². The minimum atomic E-state index is -1.03. The van der Waals surface area contributed by atoms with Crippen LogP contribution in [0.1, 0.15) is 21.0 Å². The summed E-state index contributed by atoms with van der Waals surface area (Å²) < 4.78 is 4.61. The van der Waals surface area contributed by atoms with E-state index in [1.807, 2.05) is 24.3 Å². The maximum atomic E-state index is 11.3. The van der Waals surface area contributed by atoms with Gasteiger partial charge in [0.1, 0.15) is 11.4 Å². The first kappa shape index (κ1) is 21.3. The average Bonchev–Trinajstić information content (AvgIpc) is 2.85. The zero-order valence-corrected chi connectivity index (χ0v) is 16.5. The van der Waals surface area contributed by atoms with Crippen LogP contribution in [0.4, 0.5) is 0 Å². The van der Waals surface area contributed by atoms with Gasteiger partial charge in [0.25, 0.3) is 0 Å². The van der Waals surface area contributed by atoms with Crippen molar-refractivity contribution in [2.75, 3.05) is 7.11 Å². The molecule has 0 amide bonds. The van der Waals surface area contributed by atoms with Crippen molar-refractivity contribution in [3.8, 4) is 22.8 Å². The van der Waals surface area contributed by atoms with E-state index in [0.29, 0.717) is 17.1 Å². The minimum absolute atomic E-state index is 0.0261. The Kier molecular flexibility index (Phi) is 7.10. The summed E-state index contributed by atoms with van der Waals surface area (Å²) >= 11 is 0. The smallest absolute Gasteiger partial charge is 0.356 e. The molecule has 0 aliphatic carbocycles. The number of pyridine rings is 4. The molecule has 4 aromatic rings. The summed E-state index contributed by atoms with van der Waals surface area (Å²) in [4.78, 5) is 38.4. The Balaban J connectivity index is 0.000000176. The first-order chi connectivity index (χ1) is 15.1. The van der Waals surface area contributed by atoms with Gasteiger partial charge >= 0.3 is 11.9 Å². The van der Waals surface area contributed by atoms with Gasteiger partial charge in [-0.25, -0.2) is 19.6 Å². The largest absolute Gasteiger partial charge is 0.477 e. The van der Waals surface area contributed by atoms with Crippen LogP contribution >= 0.6 is 0 Å². The van der Waals surface area contributed by atoms with E-state index in [1.54, 1.807) is 54.9 Å². The Morgan fingerprint density at radius 3 is 1.61 bits per heavy atom. The molecule has 8 heteroatoms. The number of carboxylic acid groups (broad SMARTS) is 1. The summed E-state index contributed by atoms with van der Waals surface area (Å²) in [6.07, 6.45) is 3.33. The molecule has 4 heterocycles. The number of aromatic carboxylic acids is 1. The Bertz CT molecular complexity index is 1170. The molecule has 0 aliphatic heterocycles. The van der Waals surface area contributed by atoms with Gasteiger partial charge in [0.05, 0.1) is 29.9 Å². The molecule has 154 valence electrons. The monoisotopic (exact) mass is 414 g/mol. The first-order valence-electron chi connectivity index (χ1n) is 9.17. The summed E-state index contributed by atoms with van der Waals surface area (Å²) in [5, 5.41) is 8.77. The second kappa shape index (κ2) is 10.4. The van der Waals surface area contributed by atoms with Crippen LogP contribution in [0.3, 0.4) is 0 Å². The average molecular weight is 414 g/mol. The third kappa shape index (κ3) is 5.77. The molecular formula is C23H18N4O4. The van der Waals surface area contributed by atoms with E-state index >= 15 is 0 Å². The molecule has 1 N–H and O–H groups in total. The molecule has 0 spiro atoms. The third-order valence-electron chi connectivity index (χ3n) is 3.97. The van der Waals surface area contributed by atoms with Gasteiger partial charge in [0.2, 0.25) is 0 Å². The Hall–Kier alpha value is -4.46. The van der Waals surface area contributed by atoms with Crippen LogP contribution in [0.2, 0.25) is 0 Å². The summed E-state index contributed by atoms with van der Waals surface area (Å²) in [6, 6.07) is 20.9. The number of hydrogen-bond donors (Lipinski definition) is 1. The summed E-state index contributed by atoms with van der Waals surface area (Å²) in [5.41, 5.74) is 2.93. The van der Waals surface area contributed by atoms with E-state index in [-0.39, 0.29) is 11.4 Å². The molecular weight excluding hydrogens is 396 g/mol. The molecule has 0 aromatic carbocycles. The van der Waals surface area contributed by atoms with Crippen LogP contribution in [0, 0.1) is 0 Å². The highest BCUT2D eigenvalue weighted by atomic mass is 16.5. The Morgan fingerprint density at radius 1 is 0.677 bits per heavy atom. The third-order valence-corrected chi connectivity index (χ3v) is 3.97. The predicted octanol–water partition coefficient (Wildman–Crippen LogP) is 3.77. The highest BCUT2D eigenvalue weighted by Gasteiger charge is 2.09. The highest BCUT2D eigenvalue weighted by molar-refractivity contribution is 5.87. The van der Waals surface area contributed by atoms with Gasteiger partial charge in [0, 0.05) is 12.4 Å². The van der Waals surface area contributed by atoms with Gasteiger partial charge in [-0.2, -0.15) is 0 Å². The van der Waals surface area contributed by atoms with Crippen LogP contribution in [0.15, 0.2) is 85.2 Å². The first-order valence-corrected chi connectivity index (χ1v) is 9.17. The fourth-order valence-electron chi connectivity index (χ4n) is 2.52. The lowest BCUT2D eigenvalue weighted by molar-refractivity contribution is 0.0593.